The maximum Gasteiger partial charge on any atom is 0.328 e. The average molecular weight is 332 g/mol. The van der Waals surface area contributed by atoms with E-state index in [2.05, 4.69) is 4.90 Å². The highest BCUT2D eigenvalue weighted by molar-refractivity contribution is 5.86. The van der Waals surface area contributed by atoms with Crippen LogP contribution < -0.4 is 0 Å². The van der Waals surface area contributed by atoms with Gasteiger partial charge in [-0.25, -0.2) is 4.79 Å². The standard InChI is InChI=1S/C18H24N2O4/c1-13-10-19(7-8-24-13)12-17(21)20-11-15-6-4-3-5-14(15)9-16(20)18(22)23-2/h3-6,13,16H,7-12H2,1-2H3. The highest BCUT2D eigenvalue weighted by Crippen LogP contribution is 2.24. The number of carbonyl (C=O) groups excluding carboxylic acids is 2. The predicted octanol–water partition coefficient (Wildman–Crippen LogP) is 0.834. The molecule has 1 aromatic rings. The van der Waals surface area contributed by atoms with E-state index >= 15 is 0 Å². The summed E-state index contributed by atoms with van der Waals surface area (Å²) in [5.74, 6) is -0.387. The molecule has 1 saturated heterocycles. The Morgan fingerprint density at radius 1 is 1.29 bits per heavy atom. The molecule has 0 radical (unpaired) electrons. The van der Waals surface area contributed by atoms with E-state index < -0.39 is 6.04 Å². The molecule has 1 aromatic carbocycles. The molecule has 2 heterocycles. The van der Waals surface area contributed by atoms with Crippen LogP contribution in [0, 0.1) is 0 Å². The lowest BCUT2D eigenvalue weighted by molar-refractivity contribution is -0.155. The molecule has 0 aromatic heterocycles. The molecule has 1 fully saturated rings. The summed E-state index contributed by atoms with van der Waals surface area (Å²) < 4.78 is 10.4. The lowest BCUT2D eigenvalue weighted by Gasteiger charge is -2.37. The predicted molar refractivity (Wildman–Crippen MR) is 88.4 cm³/mol. The van der Waals surface area contributed by atoms with Crippen molar-refractivity contribution in [1.82, 2.24) is 9.80 Å². The van der Waals surface area contributed by atoms with Crippen molar-refractivity contribution < 1.29 is 19.1 Å². The van der Waals surface area contributed by atoms with Gasteiger partial charge in [0.05, 0.1) is 26.4 Å². The third-order valence-electron chi connectivity index (χ3n) is 4.73. The second-order valence-corrected chi connectivity index (χ2v) is 6.45. The Morgan fingerprint density at radius 2 is 2.04 bits per heavy atom. The van der Waals surface area contributed by atoms with Gasteiger partial charge in [0, 0.05) is 26.1 Å². The molecule has 1 amide bonds. The fraction of sp³-hybridized carbons (Fsp3) is 0.556. The molecule has 24 heavy (non-hydrogen) atoms. The summed E-state index contributed by atoms with van der Waals surface area (Å²) in [5.41, 5.74) is 2.21. The number of ether oxygens (including phenoxy) is 2. The first-order valence-electron chi connectivity index (χ1n) is 8.36. The minimum atomic E-state index is -0.545. The van der Waals surface area contributed by atoms with Crippen LogP contribution in [-0.2, 0) is 32.0 Å². The second kappa shape index (κ2) is 7.32. The van der Waals surface area contributed by atoms with Gasteiger partial charge in [0.15, 0.2) is 0 Å². The normalized spacial score (nSPS) is 24.3. The summed E-state index contributed by atoms with van der Waals surface area (Å²) in [6, 6.07) is 7.40. The number of benzene rings is 1. The summed E-state index contributed by atoms with van der Waals surface area (Å²) >= 11 is 0. The Bertz CT molecular complexity index is 619. The van der Waals surface area contributed by atoms with E-state index in [0.29, 0.717) is 26.1 Å². The molecule has 0 spiro atoms. The number of fused-ring (bicyclic) bond motifs is 1. The number of esters is 1. The Kier molecular flexibility index (Phi) is 5.16. The Balaban J connectivity index is 1.75. The number of methoxy groups -OCH3 is 1. The van der Waals surface area contributed by atoms with Gasteiger partial charge in [-0.15, -0.1) is 0 Å². The number of amides is 1. The number of carbonyl (C=O) groups is 2. The van der Waals surface area contributed by atoms with E-state index in [0.717, 1.165) is 24.2 Å². The molecule has 2 aliphatic rings. The smallest absolute Gasteiger partial charge is 0.328 e. The van der Waals surface area contributed by atoms with Crippen LogP contribution in [-0.4, -0.2) is 67.2 Å². The van der Waals surface area contributed by atoms with Crippen LogP contribution in [0.3, 0.4) is 0 Å². The van der Waals surface area contributed by atoms with Crippen molar-refractivity contribution in [3.05, 3.63) is 35.4 Å². The van der Waals surface area contributed by atoms with E-state index in [1.807, 2.05) is 31.2 Å². The number of hydrogen-bond acceptors (Lipinski definition) is 5. The molecule has 2 atom stereocenters. The lowest BCUT2D eigenvalue weighted by Crippen LogP contribution is -2.53. The van der Waals surface area contributed by atoms with Crippen LogP contribution in [0.25, 0.3) is 0 Å². The van der Waals surface area contributed by atoms with Crippen LogP contribution in [0.2, 0.25) is 0 Å². The fourth-order valence-corrected chi connectivity index (χ4v) is 3.45. The Morgan fingerprint density at radius 3 is 2.75 bits per heavy atom. The van der Waals surface area contributed by atoms with Crippen molar-refractivity contribution in [2.45, 2.75) is 32.0 Å². The monoisotopic (exact) mass is 332 g/mol. The van der Waals surface area contributed by atoms with Crippen molar-refractivity contribution in [2.75, 3.05) is 33.4 Å². The quantitative estimate of drug-likeness (QED) is 0.768. The summed E-state index contributed by atoms with van der Waals surface area (Å²) in [7, 11) is 1.37. The summed E-state index contributed by atoms with van der Waals surface area (Å²) in [5, 5.41) is 0. The summed E-state index contributed by atoms with van der Waals surface area (Å²) in [6.07, 6.45) is 0.638. The number of nitrogens with zero attached hydrogens (tertiary/aromatic N) is 2. The molecule has 3 rings (SSSR count). The first kappa shape index (κ1) is 16.9. The first-order chi connectivity index (χ1) is 11.6. The Hall–Kier alpha value is -1.92. The van der Waals surface area contributed by atoms with E-state index in [-0.39, 0.29) is 18.0 Å². The van der Waals surface area contributed by atoms with E-state index in [9.17, 15) is 9.59 Å². The van der Waals surface area contributed by atoms with Gasteiger partial charge in [-0.3, -0.25) is 9.69 Å². The van der Waals surface area contributed by atoms with Crippen molar-refractivity contribution >= 4 is 11.9 Å². The molecule has 6 heteroatoms. The van der Waals surface area contributed by atoms with E-state index in [1.54, 1.807) is 4.90 Å². The lowest BCUT2D eigenvalue weighted by atomic mass is 9.94. The van der Waals surface area contributed by atoms with Crippen LogP contribution in [0.1, 0.15) is 18.1 Å². The van der Waals surface area contributed by atoms with E-state index in [1.165, 1.54) is 7.11 Å². The third-order valence-corrected chi connectivity index (χ3v) is 4.73. The highest BCUT2D eigenvalue weighted by atomic mass is 16.5. The van der Waals surface area contributed by atoms with Gasteiger partial charge in [-0.05, 0) is 18.1 Å². The largest absolute Gasteiger partial charge is 0.467 e. The molecule has 2 unspecified atom stereocenters. The molecule has 0 aliphatic carbocycles. The molecular formula is C18H24N2O4. The molecule has 130 valence electrons. The van der Waals surface area contributed by atoms with Gasteiger partial charge < -0.3 is 14.4 Å². The number of morpholine rings is 1. The van der Waals surface area contributed by atoms with Crippen LogP contribution in [0.4, 0.5) is 0 Å². The van der Waals surface area contributed by atoms with Gasteiger partial charge in [0.1, 0.15) is 6.04 Å². The van der Waals surface area contributed by atoms with Crippen LogP contribution in [0.15, 0.2) is 24.3 Å². The maximum absolute atomic E-state index is 12.8. The maximum atomic E-state index is 12.8. The van der Waals surface area contributed by atoms with Gasteiger partial charge in [0.25, 0.3) is 0 Å². The van der Waals surface area contributed by atoms with Gasteiger partial charge >= 0.3 is 5.97 Å². The zero-order chi connectivity index (χ0) is 17.1. The highest BCUT2D eigenvalue weighted by Gasteiger charge is 2.36. The zero-order valence-electron chi connectivity index (χ0n) is 14.2. The van der Waals surface area contributed by atoms with Crippen LogP contribution >= 0.6 is 0 Å². The molecule has 6 nitrogen and oxygen atoms in total. The number of rotatable bonds is 3. The SMILES string of the molecule is COC(=O)C1Cc2ccccc2CN1C(=O)CN1CCOC(C)C1. The molecule has 2 aliphatic heterocycles. The summed E-state index contributed by atoms with van der Waals surface area (Å²) in [4.78, 5) is 28.8. The van der Waals surface area contributed by atoms with Gasteiger partial charge in [-0.2, -0.15) is 0 Å². The van der Waals surface area contributed by atoms with Gasteiger partial charge in [-0.1, -0.05) is 24.3 Å². The van der Waals surface area contributed by atoms with Crippen molar-refractivity contribution in [1.29, 1.82) is 0 Å². The second-order valence-electron chi connectivity index (χ2n) is 6.45. The molecule has 0 N–H and O–H groups in total. The molecular weight excluding hydrogens is 308 g/mol. The average Bonchev–Trinajstić information content (AvgIpc) is 2.60. The number of hydrogen-bond donors (Lipinski definition) is 0. The fourth-order valence-electron chi connectivity index (χ4n) is 3.45. The van der Waals surface area contributed by atoms with Crippen molar-refractivity contribution in [2.24, 2.45) is 0 Å². The third kappa shape index (κ3) is 3.60. The Labute approximate surface area is 142 Å². The summed E-state index contributed by atoms with van der Waals surface area (Å²) in [6.45, 7) is 4.88. The zero-order valence-corrected chi connectivity index (χ0v) is 14.2. The van der Waals surface area contributed by atoms with Crippen molar-refractivity contribution in [3.8, 4) is 0 Å². The van der Waals surface area contributed by atoms with E-state index in [4.69, 9.17) is 9.47 Å². The molecule has 0 bridgehead atoms. The topological polar surface area (TPSA) is 59.1 Å². The van der Waals surface area contributed by atoms with Crippen molar-refractivity contribution in [3.63, 3.8) is 0 Å². The molecule has 0 saturated carbocycles. The minimum Gasteiger partial charge on any atom is -0.467 e. The van der Waals surface area contributed by atoms with Gasteiger partial charge in [0.2, 0.25) is 5.91 Å². The van der Waals surface area contributed by atoms with Crippen LogP contribution in [0.5, 0.6) is 0 Å². The first-order valence-corrected chi connectivity index (χ1v) is 8.36. The minimum absolute atomic E-state index is 0.0333.